The molecule has 4 heterocycles. The van der Waals surface area contributed by atoms with E-state index in [0.29, 0.717) is 47.8 Å². The quantitative estimate of drug-likeness (QED) is 0.604. The highest BCUT2D eigenvalue weighted by Crippen LogP contribution is 2.24. The van der Waals surface area contributed by atoms with Crippen molar-refractivity contribution < 1.29 is 18.5 Å². The molecule has 1 N–H and O–H groups in total. The Morgan fingerprint density at radius 3 is 2.83 bits per heavy atom. The van der Waals surface area contributed by atoms with Crippen molar-refractivity contribution in [3.63, 3.8) is 0 Å². The fourth-order valence-electron chi connectivity index (χ4n) is 3.37. The highest BCUT2D eigenvalue weighted by Gasteiger charge is 2.26. The van der Waals surface area contributed by atoms with Gasteiger partial charge in [0.2, 0.25) is 0 Å². The van der Waals surface area contributed by atoms with Crippen molar-refractivity contribution in [3.8, 4) is 0 Å². The van der Waals surface area contributed by atoms with Crippen LogP contribution in [0, 0.1) is 6.92 Å². The van der Waals surface area contributed by atoms with Crippen LogP contribution in [-0.4, -0.2) is 46.0 Å². The van der Waals surface area contributed by atoms with Crippen molar-refractivity contribution in [2.24, 2.45) is 0 Å². The second-order valence-electron chi connectivity index (χ2n) is 7.13. The topological polar surface area (TPSA) is 101 Å². The van der Waals surface area contributed by atoms with Crippen molar-refractivity contribution in [2.75, 3.05) is 13.1 Å². The molecule has 1 aliphatic heterocycles. The van der Waals surface area contributed by atoms with E-state index in [9.17, 15) is 9.59 Å². The van der Waals surface area contributed by atoms with Gasteiger partial charge in [-0.15, -0.1) is 0 Å². The number of carbonyl (C=O) groups excluding carboxylic acids is 2. The lowest BCUT2D eigenvalue weighted by Gasteiger charge is -2.32. The number of aromatic nitrogens is 2. The van der Waals surface area contributed by atoms with Crippen molar-refractivity contribution in [1.82, 2.24) is 20.4 Å². The molecule has 0 bridgehead atoms. The van der Waals surface area contributed by atoms with Crippen LogP contribution in [-0.2, 0) is 5.75 Å². The molecule has 1 aliphatic rings. The molecule has 3 aromatic heterocycles. The lowest BCUT2D eigenvalue weighted by atomic mass is 10.0. The van der Waals surface area contributed by atoms with Crippen molar-refractivity contribution in [3.05, 3.63) is 65.6 Å². The van der Waals surface area contributed by atoms with Crippen LogP contribution in [0.15, 0.2) is 57.0 Å². The monoisotopic (exact) mass is 426 g/mol. The number of carbonyl (C=O) groups is 2. The number of likely N-dealkylation sites (tertiary alicyclic amines) is 1. The summed E-state index contributed by atoms with van der Waals surface area (Å²) in [5, 5.41) is 7.72. The summed E-state index contributed by atoms with van der Waals surface area (Å²) in [5.41, 5.74) is 1.90. The molecule has 0 unspecified atom stereocenters. The van der Waals surface area contributed by atoms with Crippen LogP contribution in [0.3, 0.4) is 0 Å². The Labute approximate surface area is 178 Å². The SMILES string of the molecule is Cc1cc(CSc2ncccc2C(=O)NC2CCN(C(=O)c3ccoc3)CC2)no1. The fourth-order valence-corrected chi connectivity index (χ4v) is 4.24. The molecule has 3 aromatic rings. The van der Waals surface area contributed by atoms with Gasteiger partial charge in [0.15, 0.2) is 0 Å². The first-order valence-electron chi connectivity index (χ1n) is 9.72. The summed E-state index contributed by atoms with van der Waals surface area (Å²) in [6, 6.07) is 7.08. The molecule has 0 aliphatic carbocycles. The summed E-state index contributed by atoms with van der Waals surface area (Å²) >= 11 is 1.45. The maximum absolute atomic E-state index is 12.9. The van der Waals surface area contributed by atoms with Crippen LogP contribution in [0.4, 0.5) is 0 Å². The van der Waals surface area contributed by atoms with Gasteiger partial charge in [0.1, 0.15) is 17.0 Å². The molecule has 2 amide bonds. The molecular formula is C21H22N4O4S. The Hall–Kier alpha value is -3.07. The Kier molecular flexibility index (Phi) is 6.18. The molecule has 1 saturated heterocycles. The van der Waals surface area contributed by atoms with E-state index in [-0.39, 0.29) is 17.9 Å². The largest absolute Gasteiger partial charge is 0.472 e. The van der Waals surface area contributed by atoms with E-state index >= 15 is 0 Å². The van der Waals surface area contributed by atoms with Crippen LogP contribution < -0.4 is 5.32 Å². The number of amides is 2. The van der Waals surface area contributed by atoms with Gasteiger partial charge in [-0.05, 0) is 38.0 Å². The zero-order chi connectivity index (χ0) is 20.9. The molecule has 4 rings (SSSR count). The first-order valence-corrected chi connectivity index (χ1v) is 10.7. The molecule has 30 heavy (non-hydrogen) atoms. The average molecular weight is 426 g/mol. The van der Waals surface area contributed by atoms with Gasteiger partial charge < -0.3 is 19.2 Å². The maximum atomic E-state index is 12.9. The average Bonchev–Trinajstić information content (AvgIpc) is 3.44. The van der Waals surface area contributed by atoms with Crippen LogP contribution in [0.5, 0.6) is 0 Å². The number of piperidine rings is 1. The van der Waals surface area contributed by atoms with Gasteiger partial charge in [-0.1, -0.05) is 16.9 Å². The van der Waals surface area contributed by atoms with Gasteiger partial charge >= 0.3 is 0 Å². The summed E-state index contributed by atoms with van der Waals surface area (Å²) in [5.74, 6) is 1.13. The van der Waals surface area contributed by atoms with Gasteiger partial charge in [0, 0.05) is 37.1 Å². The van der Waals surface area contributed by atoms with E-state index in [2.05, 4.69) is 15.5 Å². The second-order valence-corrected chi connectivity index (χ2v) is 8.09. The minimum atomic E-state index is -0.151. The zero-order valence-electron chi connectivity index (χ0n) is 16.5. The molecule has 0 atom stereocenters. The predicted molar refractivity (Wildman–Crippen MR) is 110 cm³/mol. The van der Waals surface area contributed by atoms with E-state index in [1.54, 1.807) is 29.3 Å². The first kappa shape index (κ1) is 20.2. The van der Waals surface area contributed by atoms with Crippen LogP contribution >= 0.6 is 11.8 Å². The standard InChI is InChI=1S/C21H22N4O4S/c1-14-11-17(24-29-14)13-30-20-18(3-2-7-22-20)19(26)23-16-4-8-25(9-5-16)21(27)15-6-10-28-12-15/h2-3,6-7,10-12,16H,4-5,8-9,13H2,1H3,(H,23,26). The Balaban J connectivity index is 1.33. The van der Waals surface area contributed by atoms with E-state index in [4.69, 9.17) is 8.94 Å². The molecule has 8 nitrogen and oxygen atoms in total. The van der Waals surface area contributed by atoms with Crippen molar-refractivity contribution in [1.29, 1.82) is 0 Å². The van der Waals surface area contributed by atoms with Gasteiger partial charge in [-0.3, -0.25) is 9.59 Å². The van der Waals surface area contributed by atoms with Gasteiger partial charge in [-0.25, -0.2) is 4.98 Å². The fraction of sp³-hybridized carbons (Fsp3) is 0.333. The lowest BCUT2D eigenvalue weighted by molar-refractivity contribution is 0.0697. The Morgan fingerprint density at radius 2 is 2.13 bits per heavy atom. The number of hydrogen-bond acceptors (Lipinski definition) is 7. The van der Waals surface area contributed by atoms with E-state index in [1.807, 2.05) is 13.0 Å². The van der Waals surface area contributed by atoms with E-state index in [1.165, 1.54) is 24.3 Å². The maximum Gasteiger partial charge on any atom is 0.257 e. The molecule has 0 radical (unpaired) electrons. The van der Waals surface area contributed by atoms with Gasteiger partial charge in [0.05, 0.1) is 23.1 Å². The highest BCUT2D eigenvalue weighted by atomic mass is 32.2. The van der Waals surface area contributed by atoms with E-state index < -0.39 is 0 Å². The summed E-state index contributed by atoms with van der Waals surface area (Å²) in [4.78, 5) is 31.4. The first-order chi connectivity index (χ1) is 14.6. The van der Waals surface area contributed by atoms with Crippen molar-refractivity contribution >= 4 is 23.6 Å². The second kappa shape index (κ2) is 9.17. The number of furan rings is 1. The minimum absolute atomic E-state index is 0.0159. The number of hydrogen-bond donors (Lipinski definition) is 1. The highest BCUT2D eigenvalue weighted by molar-refractivity contribution is 7.98. The lowest BCUT2D eigenvalue weighted by Crippen LogP contribution is -2.46. The Bertz CT molecular complexity index is 1010. The minimum Gasteiger partial charge on any atom is -0.472 e. The third kappa shape index (κ3) is 4.73. The molecular weight excluding hydrogens is 404 g/mol. The summed E-state index contributed by atoms with van der Waals surface area (Å²) in [7, 11) is 0. The Morgan fingerprint density at radius 1 is 1.30 bits per heavy atom. The van der Waals surface area contributed by atoms with Crippen LogP contribution in [0.2, 0.25) is 0 Å². The number of nitrogens with one attached hydrogen (secondary N) is 1. The molecule has 156 valence electrons. The molecule has 0 aromatic carbocycles. The third-order valence-electron chi connectivity index (χ3n) is 4.93. The van der Waals surface area contributed by atoms with Crippen LogP contribution in [0.25, 0.3) is 0 Å². The third-order valence-corrected chi connectivity index (χ3v) is 5.97. The normalized spacial score (nSPS) is 14.6. The smallest absolute Gasteiger partial charge is 0.257 e. The molecule has 9 heteroatoms. The molecule has 0 spiro atoms. The number of pyridine rings is 1. The summed E-state index contributed by atoms with van der Waals surface area (Å²) in [6.07, 6.45) is 6.03. The number of rotatable bonds is 6. The predicted octanol–water partition coefficient (Wildman–Crippen LogP) is 3.30. The summed E-state index contributed by atoms with van der Waals surface area (Å²) < 4.78 is 10.1. The van der Waals surface area contributed by atoms with Crippen LogP contribution in [0.1, 0.15) is 45.0 Å². The van der Waals surface area contributed by atoms with Gasteiger partial charge in [-0.2, -0.15) is 0 Å². The van der Waals surface area contributed by atoms with Gasteiger partial charge in [0.25, 0.3) is 11.8 Å². The number of thioether (sulfide) groups is 1. The zero-order valence-corrected chi connectivity index (χ0v) is 17.4. The van der Waals surface area contributed by atoms with E-state index in [0.717, 1.165) is 11.5 Å². The molecule has 0 saturated carbocycles. The molecule has 1 fully saturated rings. The number of aryl methyl sites for hydroxylation is 1. The number of nitrogens with zero attached hydrogens (tertiary/aromatic N) is 3. The summed E-state index contributed by atoms with van der Waals surface area (Å²) in [6.45, 7) is 3.03. The van der Waals surface area contributed by atoms with Crippen molar-refractivity contribution in [2.45, 2.75) is 36.6 Å².